The third kappa shape index (κ3) is 4.25. The Morgan fingerprint density at radius 2 is 1.74 bits per heavy atom. The molecule has 1 heterocycles. The summed E-state index contributed by atoms with van der Waals surface area (Å²) >= 11 is 0. The quantitative estimate of drug-likeness (QED) is 0.619. The summed E-state index contributed by atoms with van der Waals surface area (Å²) in [6, 6.07) is 16.2. The van der Waals surface area contributed by atoms with E-state index >= 15 is 0 Å². The Morgan fingerprint density at radius 3 is 2.32 bits per heavy atom. The summed E-state index contributed by atoms with van der Waals surface area (Å²) in [6.45, 7) is 2.19. The van der Waals surface area contributed by atoms with Crippen LogP contribution in [0.25, 0.3) is 11.1 Å². The number of methoxy groups -OCH3 is 1. The van der Waals surface area contributed by atoms with E-state index in [0.717, 1.165) is 22.3 Å². The molecule has 2 N–H and O–H groups in total. The lowest BCUT2D eigenvalue weighted by Gasteiger charge is -2.35. The number of hydrogen-bond donors (Lipinski definition) is 2. The van der Waals surface area contributed by atoms with E-state index in [1.807, 2.05) is 36.4 Å². The number of carbonyl (C=O) groups excluding carboxylic acids is 2. The minimum Gasteiger partial charge on any atom is -0.479 e. The molecule has 2 atom stereocenters. The van der Waals surface area contributed by atoms with Gasteiger partial charge in [0.05, 0.1) is 12.5 Å². The van der Waals surface area contributed by atoms with Crippen molar-refractivity contribution in [3.8, 4) is 11.1 Å². The van der Waals surface area contributed by atoms with Gasteiger partial charge in [0.2, 0.25) is 5.91 Å². The van der Waals surface area contributed by atoms with E-state index in [0.29, 0.717) is 19.4 Å². The molecule has 1 fully saturated rings. The normalized spacial score (nSPS) is 19.9. The van der Waals surface area contributed by atoms with E-state index in [1.54, 1.807) is 6.92 Å². The van der Waals surface area contributed by atoms with E-state index < -0.39 is 23.5 Å². The van der Waals surface area contributed by atoms with E-state index in [9.17, 15) is 19.5 Å². The van der Waals surface area contributed by atoms with E-state index in [4.69, 9.17) is 9.47 Å². The number of carboxylic acid groups (broad SMARTS) is 1. The van der Waals surface area contributed by atoms with Crippen LogP contribution in [0.4, 0.5) is 4.79 Å². The zero-order valence-corrected chi connectivity index (χ0v) is 19.5. The number of nitrogens with one attached hydrogen (secondary N) is 1. The predicted octanol–water partition coefficient (Wildman–Crippen LogP) is 3.25. The molecule has 2 amide bonds. The molecule has 0 radical (unpaired) electrons. The number of hydrogen-bond acceptors (Lipinski definition) is 5. The number of aliphatic carboxylic acids is 1. The van der Waals surface area contributed by atoms with Crippen molar-refractivity contribution in [1.82, 2.24) is 10.2 Å². The number of fused-ring (bicyclic) bond motifs is 3. The van der Waals surface area contributed by atoms with Crippen LogP contribution < -0.4 is 5.32 Å². The van der Waals surface area contributed by atoms with Crippen LogP contribution >= 0.6 is 0 Å². The maximum Gasteiger partial charge on any atom is 0.407 e. The smallest absolute Gasteiger partial charge is 0.407 e. The summed E-state index contributed by atoms with van der Waals surface area (Å²) in [7, 11) is 1.42. The Labute approximate surface area is 198 Å². The second-order valence-corrected chi connectivity index (χ2v) is 8.97. The second kappa shape index (κ2) is 9.85. The Kier molecular flexibility index (Phi) is 6.88. The van der Waals surface area contributed by atoms with Crippen molar-refractivity contribution >= 4 is 18.0 Å². The van der Waals surface area contributed by atoms with Gasteiger partial charge in [-0.1, -0.05) is 55.5 Å². The highest BCUT2D eigenvalue weighted by atomic mass is 16.5. The van der Waals surface area contributed by atoms with Gasteiger partial charge < -0.3 is 24.8 Å². The fourth-order valence-corrected chi connectivity index (χ4v) is 5.11. The summed E-state index contributed by atoms with van der Waals surface area (Å²) in [5, 5.41) is 12.4. The fraction of sp³-hybridized carbons (Fsp3) is 0.423. The number of carboxylic acids is 1. The number of alkyl carbamates (subject to hydrolysis) is 1. The first-order valence-corrected chi connectivity index (χ1v) is 11.5. The summed E-state index contributed by atoms with van der Waals surface area (Å²) in [5.41, 5.74) is 3.18. The third-order valence-electron chi connectivity index (χ3n) is 6.85. The summed E-state index contributed by atoms with van der Waals surface area (Å²) in [4.78, 5) is 38.8. The van der Waals surface area contributed by atoms with Gasteiger partial charge in [0.25, 0.3) is 0 Å². The molecule has 1 saturated heterocycles. The van der Waals surface area contributed by atoms with Crippen molar-refractivity contribution in [3.63, 3.8) is 0 Å². The van der Waals surface area contributed by atoms with Gasteiger partial charge in [-0.05, 0) is 35.1 Å². The molecule has 2 aliphatic rings. The number of amides is 2. The molecule has 2 aromatic rings. The first kappa shape index (κ1) is 23.8. The lowest BCUT2D eigenvalue weighted by molar-refractivity contribution is -0.161. The van der Waals surface area contributed by atoms with Crippen LogP contribution in [0, 0.1) is 5.92 Å². The van der Waals surface area contributed by atoms with Crippen molar-refractivity contribution in [2.75, 3.05) is 33.4 Å². The van der Waals surface area contributed by atoms with Crippen molar-refractivity contribution in [3.05, 3.63) is 59.7 Å². The van der Waals surface area contributed by atoms with E-state index in [1.165, 1.54) is 12.0 Å². The Hall–Kier alpha value is -3.39. The van der Waals surface area contributed by atoms with Crippen molar-refractivity contribution in [2.24, 2.45) is 5.92 Å². The maximum atomic E-state index is 13.0. The van der Waals surface area contributed by atoms with E-state index in [2.05, 4.69) is 17.4 Å². The molecule has 1 aliphatic carbocycles. The lowest BCUT2D eigenvalue weighted by atomic mass is 9.96. The van der Waals surface area contributed by atoms with Crippen molar-refractivity contribution in [1.29, 1.82) is 0 Å². The standard InChI is InChI=1S/C26H30N2O6/c1-17(23(29)28-13-7-12-26(28,16-33-2)24(30)31)14-27-25(32)34-15-22-20-10-5-3-8-18(20)19-9-4-6-11-21(19)22/h3-6,8-11,17,22H,7,12-16H2,1-2H3,(H,27,32)(H,30,31). The Balaban J connectivity index is 1.34. The summed E-state index contributed by atoms with van der Waals surface area (Å²) in [5.74, 6) is -2.05. The largest absolute Gasteiger partial charge is 0.479 e. The minimum atomic E-state index is -1.36. The monoisotopic (exact) mass is 466 g/mol. The van der Waals surface area contributed by atoms with Gasteiger partial charge in [0.15, 0.2) is 5.54 Å². The molecule has 0 bridgehead atoms. The molecular formula is C26H30N2O6. The number of benzene rings is 2. The number of nitrogens with zero attached hydrogens (tertiary/aromatic N) is 1. The van der Waals surface area contributed by atoms with Gasteiger partial charge in [-0.3, -0.25) is 4.79 Å². The fourth-order valence-electron chi connectivity index (χ4n) is 5.11. The Bertz CT molecular complexity index is 1040. The average Bonchev–Trinajstić information content (AvgIpc) is 3.41. The number of rotatable bonds is 8. The molecule has 8 nitrogen and oxygen atoms in total. The SMILES string of the molecule is COCC1(C(=O)O)CCCN1C(=O)C(C)CNC(=O)OCC1c2ccccc2-c2ccccc21. The zero-order valence-electron chi connectivity index (χ0n) is 19.5. The predicted molar refractivity (Wildman–Crippen MR) is 125 cm³/mol. The highest BCUT2D eigenvalue weighted by Crippen LogP contribution is 2.44. The summed E-state index contributed by atoms with van der Waals surface area (Å²) < 4.78 is 10.6. The van der Waals surface area contributed by atoms with Crippen LogP contribution in [-0.4, -0.2) is 66.9 Å². The first-order chi connectivity index (χ1) is 16.4. The molecule has 8 heteroatoms. The third-order valence-corrected chi connectivity index (χ3v) is 6.85. The van der Waals surface area contributed by atoms with Crippen LogP contribution in [0.5, 0.6) is 0 Å². The van der Waals surface area contributed by atoms with Crippen LogP contribution in [0.3, 0.4) is 0 Å². The van der Waals surface area contributed by atoms with Gasteiger partial charge in [0.1, 0.15) is 6.61 Å². The van der Waals surface area contributed by atoms with Crippen molar-refractivity contribution < 1.29 is 29.0 Å². The van der Waals surface area contributed by atoms with Crippen LogP contribution in [0.2, 0.25) is 0 Å². The summed E-state index contributed by atoms with van der Waals surface area (Å²) in [6.07, 6.45) is 0.326. The van der Waals surface area contributed by atoms with Crippen LogP contribution in [0.15, 0.2) is 48.5 Å². The molecule has 180 valence electrons. The average molecular weight is 467 g/mol. The van der Waals surface area contributed by atoms with Gasteiger partial charge >= 0.3 is 12.1 Å². The molecule has 4 rings (SSSR count). The van der Waals surface area contributed by atoms with E-state index in [-0.39, 0.29) is 31.6 Å². The topological polar surface area (TPSA) is 105 Å². The highest BCUT2D eigenvalue weighted by molar-refractivity contribution is 5.89. The molecule has 2 aromatic carbocycles. The molecule has 0 aromatic heterocycles. The molecule has 1 aliphatic heterocycles. The van der Waals surface area contributed by atoms with Gasteiger partial charge in [0, 0.05) is 26.1 Å². The molecule has 2 unspecified atom stereocenters. The molecular weight excluding hydrogens is 436 g/mol. The van der Waals surface area contributed by atoms with Gasteiger partial charge in [-0.25, -0.2) is 9.59 Å². The van der Waals surface area contributed by atoms with Crippen molar-refractivity contribution in [2.45, 2.75) is 31.2 Å². The minimum absolute atomic E-state index is 0.0490. The number of ether oxygens (including phenoxy) is 2. The molecule has 0 spiro atoms. The van der Waals surface area contributed by atoms with Gasteiger partial charge in [-0.2, -0.15) is 0 Å². The number of likely N-dealkylation sites (tertiary alicyclic amines) is 1. The first-order valence-electron chi connectivity index (χ1n) is 11.5. The molecule has 34 heavy (non-hydrogen) atoms. The molecule has 0 saturated carbocycles. The van der Waals surface area contributed by atoms with Crippen LogP contribution in [-0.2, 0) is 19.1 Å². The van der Waals surface area contributed by atoms with Crippen LogP contribution in [0.1, 0.15) is 36.8 Å². The Morgan fingerprint density at radius 1 is 1.12 bits per heavy atom. The maximum absolute atomic E-state index is 13.0. The zero-order chi connectivity index (χ0) is 24.3. The lowest BCUT2D eigenvalue weighted by Crippen LogP contribution is -2.57. The van der Waals surface area contributed by atoms with Gasteiger partial charge in [-0.15, -0.1) is 0 Å². The second-order valence-electron chi connectivity index (χ2n) is 8.97. The number of carbonyl (C=O) groups is 3. The highest BCUT2D eigenvalue weighted by Gasteiger charge is 2.50.